The number of benzene rings is 1. The molecule has 0 amide bonds. The highest BCUT2D eigenvalue weighted by molar-refractivity contribution is 5.44. The lowest BCUT2D eigenvalue weighted by atomic mass is 9.95. The van der Waals surface area contributed by atoms with Gasteiger partial charge >= 0.3 is 0 Å². The fourth-order valence-corrected chi connectivity index (χ4v) is 2.27. The average molecular weight is 235 g/mol. The Morgan fingerprint density at radius 3 is 2.71 bits per heavy atom. The Kier molecular flexibility index (Phi) is 2.58. The summed E-state index contributed by atoms with van der Waals surface area (Å²) in [7, 11) is 0. The minimum atomic E-state index is -0.196. The average Bonchev–Trinajstić information content (AvgIpc) is 3.22. The summed E-state index contributed by atoms with van der Waals surface area (Å²) in [5.41, 5.74) is 6.77. The van der Waals surface area contributed by atoms with Gasteiger partial charge in [0.05, 0.1) is 6.61 Å². The molecule has 3 heteroatoms. The molecule has 2 N–H and O–H groups in total. The van der Waals surface area contributed by atoms with E-state index in [4.69, 9.17) is 10.5 Å². The summed E-state index contributed by atoms with van der Waals surface area (Å²) in [4.78, 5) is 0. The third-order valence-electron chi connectivity index (χ3n) is 3.93. The Balaban J connectivity index is 1.84. The van der Waals surface area contributed by atoms with Crippen molar-refractivity contribution in [2.75, 3.05) is 13.2 Å². The van der Waals surface area contributed by atoms with Crippen molar-refractivity contribution < 1.29 is 9.13 Å². The van der Waals surface area contributed by atoms with Crippen LogP contribution in [0.2, 0.25) is 0 Å². The smallest absolute Gasteiger partial charge is 0.123 e. The number of hydrogen-bond acceptors (Lipinski definition) is 2. The van der Waals surface area contributed by atoms with Crippen LogP contribution in [0.4, 0.5) is 4.39 Å². The molecule has 0 atom stereocenters. The number of nitrogens with two attached hydrogens (primary N) is 1. The fourth-order valence-electron chi connectivity index (χ4n) is 2.27. The van der Waals surface area contributed by atoms with Crippen LogP contribution in [-0.4, -0.2) is 13.2 Å². The first-order valence-electron chi connectivity index (χ1n) is 6.36. The quantitative estimate of drug-likeness (QED) is 0.851. The molecule has 0 spiro atoms. The number of rotatable bonds is 5. The largest absolute Gasteiger partial charge is 0.493 e. The SMILES string of the molecule is NCC1(c2cc(F)ccc2OCC2CC2)CC1. The summed E-state index contributed by atoms with van der Waals surface area (Å²) >= 11 is 0. The molecule has 0 unspecified atom stereocenters. The maximum absolute atomic E-state index is 13.4. The zero-order valence-electron chi connectivity index (χ0n) is 9.92. The van der Waals surface area contributed by atoms with Crippen molar-refractivity contribution in [2.24, 2.45) is 11.7 Å². The van der Waals surface area contributed by atoms with Crippen molar-refractivity contribution in [1.29, 1.82) is 0 Å². The monoisotopic (exact) mass is 235 g/mol. The normalized spacial score (nSPS) is 21.3. The minimum absolute atomic E-state index is 0.0129. The van der Waals surface area contributed by atoms with E-state index in [-0.39, 0.29) is 11.2 Å². The van der Waals surface area contributed by atoms with Crippen molar-refractivity contribution in [3.8, 4) is 5.75 Å². The lowest BCUT2D eigenvalue weighted by Crippen LogP contribution is -2.21. The summed E-state index contributed by atoms with van der Waals surface area (Å²) in [5.74, 6) is 1.35. The van der Waals surface area contributed by atoms with Gasteiger partial charge in [-0.25, -0.2) is 4.39 Å². The van der Waals surface area contributed by atoms with Gasteiger partial charge in [0.2, 0.25) is 0 Å². The molecule has 0 saturated heterocycles. The van der Waals surface area contributed by atoms with E-state index in [0.717, 1.165) is 30.8 Å². The van der Waals surface area contributed by atoms with Gasteiger partial charge in [0.15, 0.2) is 0 Å². The molecule has 2 aliphatic carbocycles. The third kappa shape index (κ3) is 2.16. The van der Waals surface area contributed by atoms with Gasteiger partial charge in [0.25, 0.3) is 0 Å². The highest BCUT2D eigenvalue weighted by Crippen LogP contribution is 2.50. The molecule has 2 aliphatic rings. The highest BCUT2D eigenvalue weighted by atomic mass is 19.1. The molecule has 2 saturated carbocycles. The van der Waals surface area contributed by atoms with E-state index in [1.165, 1.54) is 18.9 Å². The van der Waals surface area contributed by atoms with E-state index < -0.39 is 0 Å². The van der Waals surface area contributed by atoms with Crippen molar-refractivity contribution >= 4 is 0 Å². The molecular formula is C14H18FNO. The van der Waals surface area contributed by atoms with Crippen LogP contribution < -0.4 is 10.5 Å². The number of hydrogen-bond donors (Lipinski definition) is 1. The molecule has 1 aromatic rings. The minimum Gasteiger partial charge on any atom is -0.493 e. The van der Waals surface area contributed by atoms with Crippen molar-refractivity contribution in [3.63, 3.8) is 0 Å². The molecule has 0 heterocycles. The van der Waals surface area contributed by atoms with Gasteiger partial charge in [-0.2, -0.15) is 0 Å². The van der Waals surface area contributed by atoms with Gasteiger partial charge in [0.1, 0.15) is 11.6 Å². The molecule has 3 rings (SSSR count). The molecule has 17 heavy (non-hydrogen) atoms. The van der Waals surface area contributed by atoms with Crippen LogP contribution in [0.25, 0.3) is 0 Å². The van der Waals surface area contributed by atoms with E-state index >= 15 is 0 Å². The third-order valence-corrected chi connectivity index (χ3v) is 3.93. The first-order valence-corrected chi connectivity index (χ1v) is 6.36. The lowest BCUT2D eigenvalue weighted by molar-refractivity contribution is 0.294. The maximum Gasteiger partial charge on any atom is 0.123 e. The van der Waals surface area contributed by atoms with Crippen LogP contribution in [0.15, 0.2) is 18.2 Å². The Labute approximate surface area is 101 Å². The fraction of sp³-hybridized carbons (Fsp3) is 0.571. The molecule has 0 bridgehead atoms. The molecule has 1 aromatic carbocycles. The van der Waals surface area contributed by atoms with Gasteiger partial charge in [0, 0.05) is 17.5 Å². The van der Waals surface area contributed by atoms with Gasteiger partial charge in [-0.05, 0) is 49.8 Å². The second-order valence-corrected chi connectivity index (χ2v) is 5.38. The Morgan fingerprint density at radius 2 is 2.12 bits per heavy atom. The van der Waals surface area contributed by atoms with E-state index in [1.54, 1.807) is 12.1 Å². The summed E-state index contributed by atoms with van der Waals surface area (Å²) in [6.45, 7) is 1.34. The van der Waals surface area contributed by atoms with Gasteiger partial charge in [-0.3, -0.25) is 0 Å². The molecule has 2 nitrogen and oxygen atoms in total. The van der Waals surface area contributed by atoms with Crippen molar-refractivity contribution in [3.05, 3.63) is 29.6 Å². The first-order chi connectivity index (χ1) is 8.23. The predicted molar refractivity (Wildman–Crippen MR) is 64.6 cm³/mol. The topological polar surface area (TPSA) is 35.2 Å². The molecule has 0 radical (unpaired) electrons. The van der Waals surface area contributed by atoms with Crippen LogP contribution in [0.3, 0.4) is 0 Å². The van der Waals surface area contributed by atoms with E-state index in [0.29, 0.717) is 12.5 Å². The molecular weight excluding hydrogens is 217 g/mol. The summed E-state index contributed by atoms with van der Waals surface area (Å²) in [6.07, 6.45) is 4.62. The Hall–Kier alpha value is -1.09. The summed E-state index contributed by atoms with van der Waals surface area (Å²) in [6, 6.07) is 4.82. The standard InChI is InChI=1S/C14H18FNO/c15-11-3-4-13(17-8-10-1-2-10)12(7-11)14(9-16)5-6-14/h3-4,7,10H,1-2,5-6,8-9,16H2. The highest BCUT2D eigenvalue weighted by Gasteiger charge is 2.45. The zero-order valence-corrected chi connectivity index (χ0v) is 9.92. The first kappa shape index (κ1) is 11.0. The van der Waals surface area contributed by atoms with Crippen LogP contribution in [0.5, 0.6) is 5.75 Å². The summed E-state index contributed by atoms with van der Waals surface area (Å²) in [5, 5.41) is 0. The second-order valence-electron chi connectivity index (χ2n) is 5.38. The number of ether oxygens (including phenoxy) is 1. The molecule has 0 aromatic heterocycles. The molecule has 2 fully saturated rings. The van der Waals surface area contributed by atoms with Gasteiger partial charge < -0.3 is 10.5 Å². The molecule has 92 valence electrons. The number of halogens is 1. The molecule has 0 aliphatic heterocycles. The Bertz CT molecular complexity index is 424. The second kappa shape index (κ2) is 3.98. The van der Waals surface area contributed by atoms with E-state index in [1.807, 2.05) is 0 Å². The maximum atomic E-state index is 13.4. The van der Waals surface area contributed by atoms with Crippen LogP contribution in [0.1, 0.15) is 31.2 Å². The zero-order chi connectivity index (χ0) is 11.9. The van der Waals surface area contributed by atoms with Crippen molar-refractivity contribution in [2.45, 2.75) is 31.1 Å². The van der Waals surface area contributed by atoms with Gasteiger partial charge in [-0.1, -0.05) is 0 Å². The van der Waals surface area contributed by atoms with Crippen LogP contribution in [-0.2, 0) is 5.41 Å². The van der Waals surface area contributed by atoms with Gasteiger partial charge in [-0.15, -0.1) is 0 Å². The van der Waals surface area contributed by atoms with Crippen molar-refractivity contribution in [1.82, 2.24) is 0 Å². The van der Waals surface area contributed by atoms with Crippen LogP contribution in [0, 0.1) is 11.7 Å². The lowest BCUT2D eigenvalue weighted by Gasteiger charge is -2.18. The van der Waals surface area contributed by atoms with Crippen LogP contribution >= 0.6 is 0 Å². The summed E-state index contributed by atoms with van der Waals surface area (Å²) < 4.78 is 19.2. The van der Waals surface area contributed by atoms with E-state index in [2.05, 4.69) is 0 Å². The Morgan fingerprint density at radius 1 is 1.35 bits per heavy atom. The predicted octanol–water partition coefficient (Wildman–Crippen LogP) is 2.60. The van der Waals surface area contributed by atoms with E-state index in [9.17, 15) is 4.39 Å².